The molecule has 1 rings (SSSR count). The van der Waals surface area contributed by atoms with Crippen LogP contribution in [0.1, 0.15) is 50.8 Å². The van der Waals surface area contributed by atoms with E-state index in [4.69, 9.17) is 4.74 Å². The fraction of sp³-hybridized carbons (Fsp3) is 0.533. The lowest BCUT2D eigenvalue weighted by atomic mass is 10.0. The third kappa shape index (κ3) is 3.97. The second-order valence-corrected chi connectivity index (χ2v) is 4.15. The van der Waals surface area contributed by atoms with Gasteiger partial charge >= 0.3 is 0 Å². The zero-order valence-electron chi connectivity index (χ0n) is 11.0. The van der Waals surface area contributed by atoms with Crippen LogP contribution in [0.4, 0.5) is 0 Å². The molecule has 94 valence electrons. The van der Waals surface area contributed by atoms with Gasteiger partial charge in [-0.25, -0.2) is 0 Å². The molecule has 0 saturated carbocycles. The monoisotopic (exact) mass is 234 g/mol. The van der Waals surface area contributed by atoms with Crippen LogP contribution in [0.15, 0.2) is 24.3 Å². The highest BCUT2D eigenvalue weighted by Crippen LogP contribution is 2.21. The number of ether oxygens (including phenoxy) is 1. The summed E-state index contributed by atoms with van der Waals surface area (Å²) in [4.78, 5) is 12.0. The number of benzene rings is 1. The summed E-state index contributed by atoms with van der Waals surface area (Å²) in [6.45, 7) is 6.63. The van der Waals surface area contributed by atoms with E-state index in [0.29, 0.717) is 13.0 Å². The van der Waals surface area contributed by atoms with Gasteiger partial charge in [-0.2, -0.15) is 0 Å². The highest BCUT2D eigenvalue weighted by atomic mass is 16.5. The second-order valence-electron chi connectivity index (χ2n) is 4.15. The molecule has 1 unspecified atom stereocenters. The average molecular weight is 234 g/mol. The first kappa shape index (κ1) is 13.9. The lowest BCUT2D eigenvalue weighted by Crippen LogP contribution is -2.15. The summed E-state index contributed by atoms with van der Waals surface area (Å²) in [6, 6.07) is 8.15. The van der Waals surface area contributed by atoms with Crippen molar-refractivity contribution in [3.63, 3.8) is 0 Å². The van der Waals surface area contributed by atoms with Crippen LogP contribution in [-0.2, 0) is 16.0 Å². The van der Waals surface area contributed by atoms with Crippen molar-refractivity contribution in [1.82, 2.24) is 0 Å². The van der Waals surface area contributed by atoms with Gasteiger partial charge in [0, 0.05) is 13.0 Å². The zero-order valence-corrected chi connectivity index (χ0v) is 11.0. The van der Waals surface area contributed by atoms with Crippen LogP contribution in [0.2, 0.25) is 0 Å². The number of Topliss-reactive ketones (excluding diaryl/α,β-unsaturated/α-hetero) is 1. The molecule has 0 fully saturated rings. The van der Waals surface area contributed by atoms with Gasteiger partial charge in [-0.1, -0.05) is 38.1 Å². The topological polar surface area (TPSA) is 26.3 Å². The van der Waals surface area contributed by atoms with E-state index >= 15 is 0 Å². The van der Waals surface area contributed by atoms with Crippen molar-refractivity contribution in [2.24, 2.45) is 0 Å². The van der Waals surface area contributed by atoms with Gasteiger partial charge in [0.1, 0.15) is 6.10 Å². The lowest BCUT2D eigenvalue weighted by Gasteiger charge is -2.16. The molecule has 0 aromatic heterocycles. The van der Waals surface area contributed by atoms with Crippen LogP contribution < -0.4 is 0 Å². The summed E-state index contributed by atoms with van der Waals surface area (Å²) in [5.74, 6) is 0.179. The Kier molecular flexibility index (Phi) is 5.92. The van der Waals surface area contributed by atoms with Crippen molar-refractivity contribution in [3.8, 4) is 0 Å². The predicted molar refractivity (Wildman–Crippen MR) is 70.1 cm³/mol. The van der Waals surface area contributed by atoms with Crippen LogP contribution in [-0.4, -0.2) is 12.4 Å². The molecule has 17 heavy (non-hydrogen) atoms. The van der Waals surface area contributed by atoms with E-state index in [9.17, 15) is 4.79 Å². The van der Waals surface area contributed by atoms with Gasteiger partial charge in [-0.3, -0.25) is 4.79 Å². The minimum atomic E-state index is -0.383. The molecule has 0 amide bonds. The van der Waals surface area contributed by atoms with E-state index in [1.54, 1.807) is 0 Å². The molecule has 2 heteroatoms. The van der Waals surface area contributed by atoms with Gasteiger partial charge in [0.05, 0.1) is 0 Å². The number of hydrogen-bond donors (Lipinski definition) is 0. The van der Waals surface area contributed by atoms with Crippen molar-refractivity contribution in [1.29, 1.82) is 0 Å². The van der Waals surface area contributed by atoms with E-state index < -0.39 is 0 Å². The Morgan fingerprint density at radius 1 is 1.18 bits per heavy atom. The Morgan fingerprint density at radius 3 is 2.29 bits per heavy atom. The van der Waals surface area contributed by atoms with Crippen LogP contribution >= 0.6 is 0 Å². The molecule has 0 N–H and O–H groups in total. The van der Waals surface area contributed by atoms with Crippen molar-refractivity contribution < 1.29 is 9.53 Å². The summed E-state index contributed by atoms with van der Waals surface area (Å²) in [6.07, 6.45) is 2.09. The SMILES string of the molecule is CCCC(=O)C(OCC)c1ccc(CC)cc1. The van der Waals surface area contributed by atoms with Gasteiger partial charge < -0.3 is 4.74 Å². The highest BCUT2D eigenvalue weighted by molar-refractivity contribution is 5.84. The largest absolute Gasteiger partial charge is 0.366 e. The molecule has 0 heterocycles. The summed E-state index contributed by atoms with van der Waals surface area (Å²) >= 11 is 0. The maximum absolute atomic E-state index is 12.0. The molecule has 1 aromatic rings. The Morgan fingerprint density at radius 2 is 1.82 bits per heavy atom. The summed E-state index contributed by atoms with van der Waals surface area (Å²) < 4.78 is 5.57. The molecular weight excluding hydrogens is 212 g/mol. The van der Waals surface area contributed by atoms with Crippen molar-refractivity contribution in [2.45, 2.75) is 46.1 Å². The number of aryl methyl sites for hydroxylation is 1. The van der Waals surface area contributed by atoms with Crippen LogP contribution in [0.5, 0.6) is 0 Å². The average Bonchev–Trinajstić information content (AvgIpc) is 2.36. The molecule has 2 nitrogen and oxygen atoms in total. The molecule has 1 atom stereocenters. The van der Waals surface area contributed by atoms with Crippen LogP contribution in [0.25, 0.3) is 0 Å². The Balaban J connectivity index is 2.84. The standard InChI is InChI=1S/C15H22O2/c1-4-7-14(16)15(17-6-3)13-10-8-12(5-2)9-11-13/h8-11,15H,4-7H2,1-3H3. The number of ketones is 1. The summed E-state index contributed by atoms with van der Waals surface area (Å²) in [5, 5.41) is 0. The summed E-state index contributed by atoms with van der Waals surface area (Å²) in [7, 11) is 0. The fourth-order valence-corrected chi connectivity index (χ4v) is 1.85. The molecule has 1 aromatic carbocycles. The molecule has 0 aliphatic heterocycles. The molecule has 0 aliphatic carbocycles. The van der Waals surface area contributed by atoms with Crippen molar-refractivity contribution in [3.05, 3.63) is 35.4 Å². The van der Waals surface area contributed by atoms with Crippen molar-refractivity contribution in [2.75, 3.05) is 6.61 Å². The van der Waals surface area contributed by atoms with Gasteiger partial charge in [0.2, 0.25) is 0 Å². The first-order valence-electron chi connectivity index (χ1n) is 6.46. The molecule has 0 aliphatic rings. The normalized spacial score (nSPS) is 12.4. The molecule has 0 saturated heterocycles. The van der Waals surface area contributed by atoms with E-state index in [1.165, 1.54) is 5.56 Å². The third-order valence-corrected chi connectivity index (χ3v) is 2.81. The Labute approximate surface area is 104 Å². The second kappa shape index (κ2) is 7.23. The quantitative estimate of drug-likeness (QED) is 0.719. The number of carbonyl (C=O) groups is 1. The molecule has 0 bridgehead atoms. The Bertz CT molecular complexity index is 340. The third-order valence-electron chi connectivity index (χ3n) is 2.81. The van der Waals surface area contributed by atoms with Crippen molar-refractivity contribution >= 4 is 5.78 Å². The highest BCUT2D eigenvalue weighted by Gasteiger charge is 2.19. The van der Waals surface area contributed by atoms with Gasteiger partial charge in [0.15, 0.2) is 5.78 Å². The van der Waals surface area contributed by atoms with E-state index in [0.717, 1.165) is 18.4 Å². The number of hydrogen-bond acceptors (Lipinski definition) is 2. The molecule has 0 radical (unpaired) electrons. The van der Waals surface area contributed by atoms with E-state index in [-0.39, 0.29) is 11.9 Å². The number of carbonyl (C=O) groups excluding carboxylic acids is 1. The minimum Gasteiger partial charge on any atom is -0.366 e. The van der Waals surface area contributed by atoms with Crippen LogP contribution in [0, 0.1) is 0 Å². The number of rotatable bonds is 7. The maximum atomic E-state index is 12.0. The molecular formula is C15H22O2. The lowest BCUT2D eigenvalue weighted by molar-refractivity contribution is -0.130. The smallest absolute Gasteiger partial charge is 0.166 e. The van der Waals surface area contributed by atoms with E-state index in [2.05, 4.69) is 19.1 Å². The fourth-order valence-electron chi connectivity index (χ4n) is 1.85. The molecule has 0 spiro atoms. The Hall–Kier alpha value is -1.15. The zero-order chi connectivity index (χ0) is 12.7. The van der Waals surface area contributed by atoms with Gasteiger partial charge in [-0.05, 0) is 30.9 Å². The van der Waals surface area contributed by atoms with Gasteiger partial charge in [-0.15, -0.1) is 0 Å². The predicted octanol–water partition coefficient (Wildman–Crippen LogP) is 3.70. The van der Waals surface area contributed by atoms with E-state index in [1.807, 2.05) is 26.0 Å². The first-order chi connectivity index (χ1) is 8.22. The minimum absolute atomic E-state index is 0.179. The summed E-state index contributed by atoms with van der Waals surface area (Å²) in [5.41, 5.74) is 2.26. The maximum Gasteiger partial charge on any atom is 0.166 e. The van der Waals surface area contributed by atoms with Crippen LogP contribution in [0.3, 0.4) is 0 Å². The first-order valence-corrected chi connectivity index (χ1v) is 6.46. The van der Waals surface area contributed by atoms with Gasteiger partial charge in [0.25, 0.3) is 0 Å².